The smallest absolute Gasteiger partial charge is 0.237 e. The van der Waals surface area contributed by atoms with E-state index in [0.29, 0.717) is 11.8 Å². The van der Waals surface area contributed by atoms with E-state index >= 15 is 0 Å². The number of fused-ring (bicyclic) bond motifs is 1. The number of imide groups is 1. The summed E-state index contributed by atoms with van der Waals surface area (Å²) in [7, 11) is 0. The topological polar surface area (TPSA) is 37.4 Å². The Morgan fingerprint density at radius 3 is 2.00 bits per heavy atom. The molecule has 1 heterocycles. The molecule has 1 saturated heterocycles. The SMILES string of the molecule is CCc1ccccc1N1C(=O)C2C(CC)CC(CC)C2C1=O. The molecule has 1 aliphatic carbocycles. The normalized spacial score (nSPS) is 31.0. The van der Waals surface area contributed by atoms with Gasteiger partial charge in [-0.15, -0.1) is 0 Å². The molecule has 2 aliphatic rings. The summed E-state index contributed by atoms with van der Waals surface area (Å²) in [6.07, 6.45) is 3.83. The van der Waals surface area contributed by atoms with Crippen LogP contribution in [0, 0.1) is 23.7 Å². The molecule has 22 heavy (non-hydrogen) atoms. The number of nitrogens with zero attached hydrogens (tertiary/aromatic N) is 1. The van der Waals surface area contributed by atoms with Crippen molar-refractivity contribution in [2.45, 2.75) is 46.5 Å². The molecule has 2 amide bonds. The van der Waals surface area contributed by atoms with Gasteiger partial charge in [0.1, 0.15) is 0 Å². The van der Waals surface area contributed by atoms with Crippen LogP contribution in [0.25, 0.3) is 0 Å². The van der Waals surface area contributed by atoms with E-state index < -0.39 is 0 Å². The number of carbonyl (C=O) groups excluding carboxylic acids is 2. The van der Waals surface area contributed by atoms with E-state index in [9.17, 15) is 9.59 Å². The minimum atomic E-state index is -0.0904. The zero-order chi connectivity index (χ0) is 15.9. The Morgan fingerprint density at radius 1 is 0.955 bits per heavy atom. The lowest BCUT2D eigenvalue weighted by Gasteiger charge is -2.22. The van der Waals surface area contributed by atoms with Crippen LogP contribution in [0.5, 0.6) is 0 Å². The minimum absolute atomic E-state index is 0.0405. The third-order valence-corrected chi connectivity index (χ3v) is 5.68. The maximum absolute atomic E-state index is 13.0. The van der Waals surface area contributed by atoms with Crippen LogP contribution in [0.3, 0.4) is 0 Å². The van der Waals surface area contributed by atoms with Crippen LogP contribution >= 0.6 is 0 Å². The first kappa shape index (κ1) is 15.3. The Kier molecular flexibility index (Phi) is 4.07. The number of aryl methyl sites for hydroxylation is 1. The number of anilines is 1. The monoisotopic (exact) mass is 299 g/mol. The molecule has 3 heteroatoms. The van der Waals surface area contributed by atoms with E-state index in [2.05, 4.69) is 20.8 Å². The van der Waals surface area contributed by atoms with Crippen LogP contribution in [0.2, 0.25) is 0 Å². The number of carbonyl (C=O) groups is 2. The second kappa shape index (κ2) is 5.86. The summed E-state index contributed by atoms with van der Waals surface area (Å²) in [5, 5.41) is 0. The van der Waals surface area contributed by atoms with Gasteiger partial charge in [-0.2, -0.15) is 0 Å². The van der Waals surface area contributed by atoms with Crippen LogP contribution in [-0.4, -0.2) is 11.8 Å². The molecule has 0 spiro atoms. The van der Waals surface area contributed by atoms with Crippen molar-refractivity contribution in [3.63, 3.8) is 0 Å². The van der Waals surface area contributed by atoms with E-state index in [-0.39, 0.29) is 23.7 Å². The Morgan fingerprint density at radius 2 is 1.50 bits per heavy atom. The van der Waals surface area contributed by atoms with Crippen molar-refractivity contribution in [1.82, 2.24) is 0 Å². The highest BCUT2D eigenvalue weighted by Gasteiger charge is 2.57. The lowest BCUT2D eigenvalue weighted by Crippen LogP contribution is -2.34. The number of hydrogen-bond donors (Lipinski definition) is 0. The minimum Gasteiger partial charge on any atom is -0.274 e. The summed E-state index contributed by atoms with van der Waals surface area (Å²) < 4.78 is 0. The molecule has 1 aromatic carbocycles. The van der Waals surface area contributed by atoms with Gasteiger partial charge in [-0.05, 0) is 36.3 Å². The molecule has 1 aliphatic heterocycles. The summed E-state index contributed by atoms with van der Waals surface area (Å²) in [5.74, 6) is 0.632. The number of amides is 2. The molecular weight excluding hydrogens is 274 g/mol. The first-order valence-corrected chi connectivity index (χ1v) is 8.59. The zero-order valence-corrected chi connectivity index (χ0v) is 13.7. The van der Waals surface area contributed by atoms with Crippen LogP contribution in [0.15, 0.2) is 24.3 Å². The predicted octanol–water partition coefficient (Wildman–Crippen LogP) is 3.81. The highest BCUT2D eigenvalue weighted by Crippen LogP contribution is 2.51. The highest BCUT2D eigenvalue weighted by molar-refractivity contribution is 6.22. The second-order valence-corrected chi connectivity index (χ2v) is 6.62. The van der Waals surface area contributed by atoms with Crippen molar-refractivity contribution in [2.75, 3.05) is 4.90 Å². The highest BCUT2D eigenvalue weighted by atomic mass is 16.2. The van der Waals surface area contributed by atoms with Gasteiger partial charge in [0.15, 0.2) is 0 Å². The summed E-state index contributed by atoms with van der Waals surface area (Å²) >= 11 is 0. The van der Waals surface area contributed by atoms with Crippen molar-refractivity contribution in [1.29, 1.82) is 0 Å². The van der Waals surface area contributed by atoms with Crippen molar-refractivity contribution in [3.05, 3.63) is 29.8 Å². The fraction of sp³-hybridized carbons (Fsp3) is 0.579. The molecule has 0 bridgehead atoms. The standard InChI is InChI=1S/C19H25NO2/c1-4-12-9-7-8-10-15(12)20-18(21)16-13(5-2)11-14(6-3)17(16)19(20)22/h7-10,13-14,16-17H,4-6,11H2,1-3H3. The van der Waals surface area contributed by atoms with E-state index in [1.165, 1.54) is 4.90 Å². The third-order valence-electron chi connectivity index (χ3n) is 5.68. The van der Waals surface area contributed by atoms with E-state index in [1.54, 1.807) is 0 Å². The first-order valence-electron chi connectivity index (χ1n) is 8.59. The van der Waals surface area contributed by atoms with Crippen LogP contribution in [0.4, 0.5) is 5.69 Å². The Hall–Kier alpha value is -1.64. The lowest BCUT2D eigenvalue weighted by molar-refractivity contribution is -0.123. The second-order valence-electron chi connectivity index (χ2n) is 6.62. The predicted molar refractivity (Wildman–Crippen MR) is 87.5 cm³/mol. The molecule has 4 atom stereocenters. The maximum Gasteiger partial charge on any atom is 0.237 e. The van der Waals surface area contributed by atoms with Gasteiger partial charge in [-0.3, -0.25) is 9.59 Å². The van der Waals surface area contributed by atoms with Gasteiger partial charge in [-0.25, -0.2) is 4.90 Å². The zero-order valence-electron chi connectivity index (χ0n) is 13.7. The largest absolute Gasteiger partial charge is 0.274 e. The molecule has 2 fully saturated rings. The molecule has 3 nitrogen and oxygen atoms in total. The fourth-order valence-electron chi connectivity index (χ4n) is 4.49. The first-order chi connectivity index (χ1) is 10.6. The van der Waals surface area contributed by atoms with Gasteiger partial charge >= 0.3 is 0 Å². The summed E-state index contributed by atoms with van der Waals surface area (Å²) in [6.45, 7) is 6.34. The average Bonchev–Trinajstić information content (AvgIpc) is 3.04. The summed E-state index contributed by atoms with van der Waals surface area (Å²) in [6, 6.07) is 7.81. The maximum atomic E-state index is 13.0. The Balaban J connectivity index is 2.02. The molecule has 0 radical (unpaired) electrons. The van der Waals surface area contributed by atoms with Crippen molar-refractivity contribution < 1.29 is 9.59 Å². The molecular formula is C19H25NO2. The Labute approximate surface area is 132 Å². The number of para-hydroxylation sites is 1. The molecule has 0 N–H and O–H groups in total. The summed E-state index contributed by atoms with van der Waals surface area (Å²) in [5.41, 5.74) is 1.88. The molecule has 1 saturated carbocycles. The molecule has 4 unspecified atom stereocenters. The van der Waals surface area contributed by atoms with Crippen LogP contribution in [-0.2, 0) is 16.0 Å². The molecule has 118 valence electrons. The number of benzene rings is 1. The molecule has 3 rings (SSSR count). The molecule has 1 aromatic rings. The number of hydrogen-bond acceptors (Lipinski definition) is 2. The Bertz CT molecular complexity index is 567. The van der Waals surface area contributed by atoms with Gasteiger partial charge in [-0.1, -0.05) is 51.8 Å². The fourth-order valence-corrected chi connectivity index (χ4v) is 4.49. The van der Waals surface area contributed by atoms with E-state index in [0.717, 1.165) is 36.9 Å². The van der Waals surface area contributed by atoms with Crippen molar-refractivity contribution in [2.24, 2.45) is 23.7 Å². The van der Waals surface area contributed by atoms with E-state index in [1.807, 2.05) is 24.3 Å². The van der Waals surface area contributed by atoms with Gasteiger partial charge in [0.05, 0.1) is 17.5 Å². The number of rotatable bonds is 4. The van der Waals surface area contributed by atoms with Gasteiger partial charge in [0.2, 0.25) is 11.8 Å². The lowest BCUT2D eigenvalue weighted by atomic mass is 9.88. The summed E-state index contributed by atoms with van der Waals surface area (Å²) in [4.78, 5) is 27.5. The van der Waals surface area contributed by atoms with Crippen LogP contribution < -0.4 is 4.90 Å². The average molecular weight is 299 g/mol. The quantitative estimate of drug-likeness (QED) is 0.793. The van der Waals surface area contributed by atoms with E-state index in [4.69, 9.17) is 0 Å². The van der Waals surface area contributed by atoms with Crippen molar-refractivity contribution >= 4 is 17.5 Å². The van der Waals surface area contributed by atoms with Gasteiger partial charge in [0.25, 0.3) is 0 Å². The third kappa shape index (κ3) is 2.10. The van der Waals surface area contributed by atoms with Crippen LogP contribution in [0.1, 0.15) is 45.6 Å². The molecule has 0 aromatic heterocycles. The van der Waals surface area contributed by atoms with Gasteiger partial charge in [0, 0.05) is 0 Å². The van der Waals surface area contributed by atoms with Crippen molar-refractivity contribution in [3.8, 4) is 0 Å². The van der Waals surface area contributed by atoms with Gasteiger partial charge < -0.3 is 0 Å².